The Bertz CT molecular complexity index is 1460. The van der Waals surface area contributed by atoms with E-state index >= 15 is 0 Å². The maximum Gasteiger partial charge on any atom is 0.414 e. The Labute approximate surface area is 227 Å². The number of benzene rings is 3. The van der Waals surface area contributed by atoms with Gasteiger partial charge in [0.05, 0.1) is 5.69 Å². The van der Waals surface area contributed by atoms with Crippen LogP contribution in [0.4, 0.5) is 21.9 Å². The molecule has 0 spiro atoms. The first-order chi connectivity index (χ1) is 18.6. The molecule has 0 aromatic heterocycles. The van der Waals surface area contributed by atoms with Crippen molar-refractivity contribution in [3.63, 3.8) is 0 Å². The summed E-state index contributed by atoms with van der Waals surface area (Å²) in [6.45, 7) is 8.78. The lowest BCUT2D eigenvalue weighted by Crippen LogP contribution is -2.35. The van der Waals surface area contributed by atoms with Crippen LogP contribution >= 0.6 is 0 Å². The first-order valence-corrected chi connectivity index (χ1v) is 12.8. The van der Waals surface area contributed by atoms with Crippen LogP contribution < -0.4 is 25.0 Å². The van der Waals surface area contributed by atoms with Gasteiger partial charge < -0.3 is 24.8 Å². The standard InChI is InChI=1S/C30H31N3O6/c1-18-5-8-22(31-27(34)21-7-10-25-26(16-21)38-14-13-37-25)17-23(18)32-28(35)20-6-9-24-19(15-20)11-12-33(24)29(36)39-30(2,3)4/h5-10,15-17H,11-14H2,1-4H3,(H,31,34)(H,32,35). The molecule has 2 heterocycles. The number of carbonyl (C=O) groups excluding carboxylic acids is 3. The van der Waals surface area contributed by atoms with E-state index in [1.807, 2.05) is 33.8 Å². The number of ether oxygens (including phenoxy) is 3. The van der Waals surface area contributed by atoms with E-state index in [2.05, 4.69) is 10.6 Å². The monoisotopic (exact) mass is 529 g/mol. The predicted octanol–water partition coefficient (Wildman–Crippen LogP) is 5.57. The number of hydrogen-bond donors (Lipinski definition) is 2. The van der Waals surface area contributed by atoms with Gasteiger partial charge in [-0.2, -0.15) is 0 Å². The SMILES string of the molecule is Cc1ccc(NC(=O)c2ccc3c(c2)OCCO3)cc1NC(=O)c1ccc2c(c1)CCN2C(=O)OC(C)(C)C. The summed E-state index contributed by atoms with van der Waals surface area (Å²) < 4.78 is 16.6. The first kappa shape index (κ1) is 26.1. The molecule has 0 bridgehead atoms. The predicted molar refractivity (Wildman–Crippen MR) is 148 cm³/mol. The number of anilines is 3. The van der Waals surface area contributed by atoms with Crippen LogP contribution in [0.25, 0.3) is 0 Å². The minimum absolute atomic E-state index is 0.285. The zero-order chi connectivity index (χ0) is 27.7. The zero-order valence-corrected chi connectivity index (χ0v) is 22.4. The van der Waals surface area contributed by atoms with E-state index < -0.39 is 11.7 Å². The summed E-state index contributed by atoms with van der Waals surface area (Å²) in [6.07, 6.45) is 0.236. The van der Waals surface area contributed by atoms with Crippen LogP contribution in [0.3, 0.4) is 0 Å². The molecule has 3 aromatic carbocycles. The molecule has 202 valence electrons. The van der Waals surface area contributed by atoms with Crippen LogP contribution in [0.5, 0.6) is 11.5 Å². The van der Waals surface area contributed by atoms with Gasteiger partial charge in [-0.3, -0.25) is 14.5 Å². The highest BCUT2D eigenvalue weighted by Crippen LogP contribution is 2.32. The van der Waals surface area contributed by atoms with Gasteiger partial charge >= 0.3 is 6.09 Å². The third-order valence-electron chi connectivity index (χ3n) is 6.40. The summed E-state index contributed by atoms with van der Waals surface area (Å²) in [5, 5.41) is 5.82. The van der Waals surface area contributed by atoms with Gasteiger partial charge in [-0.25, -0.2) is 4.79 Å². The molecule has 3 amide bonds. The quantitative estimate of drug-likeness (QED) is 0.458. The van der Waals surface area contributed by atoms with Crippen LogP contribution in [-0.4, -0.2) is 43.3 Å². The fourth-order valence-corrected chi connectivity index (χ4v) is 4.47. The third kappa shape index (κ3) is 5.82. The summed E-state index contributed by atoms with van der Waals surface area (Å²) in [4.78, 5) is 40.2. The molecule has 39 heavy (non-hydrogen) atoms. The molecule has 9 nitrogen and oxygen atoms in total. The summed E-state index contributed by atoms with van der Waals surface area (Å²) in [6, 6.07) is 15.7. The molecular formula is C30H31N3O6. The lowest BCUT2D eigenvalue weighted by atomic mass is 10.1. The molecule has 3 aromatic rings. The second-order valence-electron chi connectivity index (χ2n) is 10.5. The highest BCUT2D eigenvalue weighted by Gasteiger charge is 2.29. The molecule has 0 fully saturated rings. The van der Waals surface area contributed by atoms with Gasteiger partial charge in [0.2, 0.25) is 0 Å². The summed E-state index contributed by atoms with van der Waals surface area (Å²) >= 11 is 0. The number of carbonyl (C=O) groups is 3. The van der Waals surface area contributed by atoms with Crippen LogP contribution in [0, 0.1) is 6.92 Å². The molecule has 9 heteroatoms. The van der Waals surface area contributed by atoms with E-state index in [0.717, 1.165) is 16.8 Å². The van der Waals surface area contributed by atoms with E-state index in [9.17, 15) is 14.4 Å². The minimum Gasteiger partial charge on any atom is -0.486 e. The Balaban J connectivity index is 1.27. The molecule has 2 aliphatic heterocycles. The summed E-state index contributed by atoms with van der Waals surface area (Å²) in [5.41, 5.74) is 3.95. The Morgan fingerprint density at radius 2 is 1.54 bits per heavy atom. The molecule has 0 radical (unpaired) electrons. The van der Waals surface area contributed by atoms with Crippen molar-refractivity contribution in [1.29, 1.82) is 0 Å². The minimum atomic E-state index is -0.588. The average molecular weight is 530 g/mol. The topological polar surface area (TPSA) is 106 Å². The van der Waals surface area contributed by atoms with Crippen molar-refractivity contribution in [2.45, 2.75) is 39.7 Å². The Morgan fingerprint density at radius 3 is 2.31 bits per heavy atom. The van der Waals surface area contributed by atoms with Crippen molar-refractivity contribution >= 4 is 35.0 Å². The largest absolute Gasteiger partial charge is 0.486 e. The molecule has 2 N–H and O–H groups in total. The van der Waals surface area contributed by atoms with Crippen molar-refractivity contribution in [3.8, 4) is 11.5 Å². The number of amides is 3. The van der Waals surface area contributed by atoms with Gasteiger partial charge in [0.15, 0.2) is 11.5 Å². The smallest absolute Gasteiger partial charge is 0.414 e. The van der Waals surface area contributed by atoms with Gasteiger partial charge in [-0.15, -0.1) is 0 Å². The van der Waals surface area contributed by atoms with Gasteiger partial charge in [-0.1, -0.05) is 6.07 Å². The van der Waals surface area contributed by atoms with Gasteiger partial charge in [0, 0.05) is 29.0 Å². The van der Waals surface area contributed by atoms with Crippen LogP contribution in [0.1, 0.15) is 52.6 Å². The van der Waals surface area contributed by atoms with E-state index in [-0.39, 0.29) is 11.8 Å². The summed E-state index contributed by atoms with van der Waals surface area (Å²) in [5.74, 6) is 0.560. The van der Waals surface area contributed by atoms with Crippen molar-refractivity contribution in [1.82, 2.24) is 0 Å². The molecule has 0 unspecified atom stereocenters. The molecule has 0 atom stereocenters. The van der Waals surface area contributed by atoms with Crippen LogP contribution in [0.2, 0.25) is 0 Å². The van der Waals surface area contributed by atoms with Crippen LogP contribution in [-0.2, 0) is 11.2 Å². The highest BCUT2D eigenvalue weighted by molar-refractivity contribution is 6.07. The third-order valence-corrected chi connectivity index (χ3v) is 6.40. The molecular weight excluding hydrogens is 498 g/mol. The number of rotatable bonds is 4. The van der Waals surface area contributed by atoms with E-state index in [1.165, 1.54) is 0 Å². The van der Waals surface area contributed by atoms with E-state index in [0.29, 0.717) is 60.2 Å². The first-order valence-electron chi connectivity index (χ1n) is 12.8. The maximum absolute atomic E-state index is 13.1. The molecule has 5 rings (SSSR count). The number of aryl methyl sites for hydroxylation is 1. The summed E-state index contributed by atoms with van der Waals surface area (Å²) in [7, 11) is 0. The van der Waals surface area contributed by atoms with E-state index in [4.69, 9.17) is 14.2 Å². The van der Waals surface area contributed by atoms with Gasteiger partial charge in [0.1, 0.15) is 18.8 Å². The average Bonchev–Trinajstić information content (AvgIpc) is 3.33. The molecule has 0 aliphatic carbocycles. The lowest BCUT2D eigenvalue weighted by Gasteiger charge is -2.24. The zero-order valence-electron chi connectivity index (χ0n) is 22.4. The fraction of sp³-hybridized carbons (Fsp3) is 0.300. The van der Waals surface area contributed by atoms with Crippen molar-refractivity contribution < 1.29 is 28.6 Å². The number of hydrogen-bond acceptors (Lipinski definition) is 6. The Kier molecular flexibility index (Phi) is 6.91. The fourth-order valence-electron chi connectivity index (χ4n) is 4.47. The number of nitrogens with one attached hydrogen (secondary N) is 2. The lowest BCUT2D eigenvalue weighted by molar-refractivity contribution is 0.0583. The number of fused-ring (bicyclic) bond motifs is 2. The second kappa shape index (κ2) is 10.3. The normalized spacial score (nSPS) is 13.9. The van der Waals surface area contributed by atoms with Gasteiger partial charge in [0.25, 0.3) is 11.8 Å². The van der Waals surface area contributed by atoms with Gasteiger partial charge in [-0.05, 0) is 93.8 Å². The van der Waals surface area contributed by atoms with E-state index in [1.54, 1.807) is 53.4 Å². The molecule has 0 saturated carbocycles. The molecule has 0 saturated heterocycles. The Hall–Kier alpha value is -4.53. The van der Waals surface area contributed by atoms with Crippen molar-refractivity contribution in [2.75, 3.05) is 35.3 Å². The second-order valence-corrected chi connectivity index (χ2v) is 10.5. The number of nitrogens with zero attached hydrogens (tertiary/aromatic N) is 1. The van der Waals surface area contributed by atoms with Crippen molar-refractivity contribution in [3.05, 3.63) is 76.9 Å². The Morgan fingerprint density at radius 1 is 0.846 bits per heavy atom. The van der Waals surface area contributed by atoms with Crippen molar-refractivity contribution in [2.24, 2.45) is 0 Å². The maximum atomic E-state index is 13.1. The highest BCUT2D eigenvalue weighted by atomic mass is 16.6. The molecule has 2 aliphatic rings. The van der Waals surface area contributed by atoms with Crippen LogP contribution in [0.15, 0.2) is 54.6 Å².